The molecule has 1 saturated heterocycles. The number of hydrogen-bond donors (Lipinski definition) is 0. The van der Waals surface area contributed by atoms with E-state index < -0.39 is 0 Å². The van der Waals surface area contributed by atoms with Crippen LogP contribution < -0.4 is 9.64 Å². The summed E-state index contributed by atoms with van der Waals surface area (Å²) in [6.45, 7) is 4.87. The minimum absolute atomic E-state index is 0.101. The Morgan fingerprint density at radius 2 is 1.67 bits per heavy atom. The Balaban J connectivity index is 1.36. The van der Waals surface area contributed by atoms with Crippen molar-refractivity contribution in [3.8, 4) is 11.6 Å². The lowest BCUT2D eigenvalue weighted by atomic mass is 10.2. The summed E-state index contributed by atoms with van der Waals surface area (Å²) in [4.78, 5) is 18.1. The van der Waals surface area contributed by atoms with E-state index in [1.165, 1.54) is 0 Å². The van der Waals surface area contributed by atoms with Gasteiger partial charge in [0.1, 0.15) is 5.75 Å². The molecule has 1 aromatic heterocycles. The second-order valence-corrected chi connectivity index (χ2v) is 8.16. The number of rotatable bonds is 6. The van der Waals surface area contributed by atoms with Crippen molar-refractivity contribution in [1.82, 2.24) is 15.1 Å². The topological polar surface area (TPSA) is 58.6 Å². The Hall–Kier alpha value is -3.06. The van der Waals surface area contributed by atoms with Crippen LogP contribution in [0.5, 0.6) is 11.6 Å². The highest BCUT2D eigenvalue weighted by atomic mass is 32.2. The molecule has 154 valence electrons. The number of aromatic nitrogens is 2. The largest absolute Gasteiger partial charge is 0.438 e. The quantitative estimate of drug-likeness (QED) is 0.553. The van der Waals surface area contributed by atoms with Crippen LogP contribution >= 0.6 is 11.8 Å². The van der Waals surface area contributed by atoms with Crippen molar-refractivity contribution < 1.29 is 9.53 Å². The molecule has 0 N–H and O–H groups in total. The molecule has 0 unspecified atom stereocenters. The molecule has 0 spiro atoms. The van der Waals surface area contributed by atoms with Crippen molar-refractivity contribution in [3.63, 3.8) is 0 Å². The first-order valence-corrected chi connectivity index (χ1v) is 11.1. The summed E-state index contributed by atoms with van der Waals surface area (Å²) in [5.74, 6) is 3.03. The average molecular weight is 421 g/mol. The number of hydrogen-bond acceptors (Lipinski definition) is 6. The first-order chi connectivity index (χ1) is 14.7. The van der Waals surface area contributed by atoms with E-state index in [0.717, 1.165) is 40.9 Å². The molecular formula is C23H24N4O2S. The van der Waals surface area contributed by atoms with E-state index in [-0.39, 0.29) is 5.91 Å². The summed E-state index contributed by atoms with van der Waals surface area (Å²) < 4.78 is 5.70. The van der Waals surface area contributed by atoms with Crippen molar-refractivity contribution in [1.29, 1.82) is 0 Å². The van der Waals surface area contributed by atoms with Gasteiger partial charge in [-0.2, -0.15) is 0 Å². The smallest absolute Gasteiger partial charge is 0.255 e. The standard InChI is InChI=1S/C23H24N4O2S/c1-2-30-20-11-7-6-10-19(20)23(28)27-16-14-26(15-17-27)21-12-13-22(25-24-21)29-18-8-4-3-5-9-18/h3-13H,2,14-17H2,1H3. The molecule has 30 heavy (non-hydrogen) atoms. The molecule has 7 heteroatoms. The molecule has 2 aromatic carbocycles. The van der Waals surface area contributed by atoms with Gasteiger partial charge in [0.05, 0.1) is 5.56 Å². The summed E-state index contributed by atoms with van der Waals surface area (Å²) in [5.41, 5.74) is 0.792. The van der Waals surface area contributed by atoms with E-state index >= 15 is 0 Å². The fraction of sp³-hybridized carbons (Fsp3) is 0.261. The first-order valence-electron chi connectivity index (χ1n) is 10.1. The zero-order chi connectivity index (χ0) is 20.8. The number of thioether (sulfide) groups is 1. The highest BCUT2D eigenvalue weighted by molar-refractivity contribution is 7.99. The maximum atomic E-state index is 13.0. The van der Waals surface area contributed by atoms with Gasteiger partial charge in [-0.1, -0.05) is 37.3 Å². The number of nitrogens with zero attached hydrogens (tertiary/aromatic N) is 4. The maximum absolute atomic E-state index is 13.0. The van der Waals surface area contributed by atoms with Crippen LogP contribution in [0.15, 0.2) is 71.6 Å². The molecule has 1 fully saturated rings. The van der Waals surface area contributed by atoms with E-state index in [1.807, 2.05) is 71.6 Å². The third-order valence-corrected chi connectivity index (χ3v) is 5.86. The van der Waals surface area contributed by atoms with E-state index in [2.05, 4.69) is 22.0 Å². The Bertz CT molecular complexity index is 974. The lowest BCUT2D eigenvalue weighted by Crippen LogP contribution is -2.49. The van der Waals surface area contributed by atoms with Crippen LogP contribution in [0, 0.1) is 0 Å². The molecule has 0 radical (unpaired) electrons. The van der Waals surface area contributed by atoms with Gasteiger partial charge in [-0.05, 0) is 36.1 Å². The van der Waals surface area contributed by atoms with Crippen LogP contribution in [-0.4, -0.2) is 52.9 Å². The Labute approximate surface area is 180 Å². The van der Waals surface area contributed by atoms with Crippen molar-refractivity contribution >= 4 is 23.5 Å². The van der Waals surface area contributed by atoms with Crippen LogP contribution in [0.25, 0.3) is 0 Å². The van der Waals surface area contributed by atoms with Gasteiger partial charge < -0.3 is 14.5 Å². The van der Waals surface area contributed by atoms with Crippen LogP contribution in [0.2, 0.25) is 0 Å². The highest BCUT2D eigenvalue weighted by Gasteiger charge is 2.24. The molecule has 6 nitrogen and oxygen atoms in total. The van der Waals surface area contributed by atoms with Gasteiger partial charge in [0.25, 0.3) is 5.91 Å². The van der Waals surface area contributed by atoms with Crippen molar-refractivity contribution in [3.05, 3.63) is 72.3 Å². The first kappa shape index (κ1) is 20.2. The fourth-order valence-corrected chi connectivity index (χ4v) is 4.18. The molecule has 4 rings (SSSR count). The van der Waals surface area contributed by atoms with E-state index in [0.29, 0.717) is 19.0 Å². The normalized spacial score (nSPS) is 13.9. The van der Waals surface area contributed by atoms with Gasteiger partial charge in [0.2, 0.25) is 5.88 Å². The third kappa shape index (κ3) is 4.74. The van der Waals surface area contributed by atoms with Crippen molar-refractivity contribution in [2.75, 3.05) is 36.8 Å². The number of para-hydroxylation sites is 1. The zero-order valence-corrected chi connectivity index (χ0v) is 17.7. The second-order valence-electron chi connectivity index (χ2n) is 6.85. The number of carbonyl (C=O) groups is 1. The van der Waals surface area contributed by atoms with E-state index in [1.54, 1.807) is 11.8 Å². The summed E-state index contributed by atoms with van der Waals surface area (Å²) >= 11 is 1.71. The zero-order valence-electron chi connectivity index (χ0n) is 16.9. The molecule has 0 saturated carbocycles. The van der Waals surface area contributed by atoms with E-state index in [4.69, 9.17) is 4.74 Å². The Kier molecular flexibility index (Phi) is 6.49. The number of anilines is 1. The van der Waals surface area contributed by atoms with Crippen molar-refractivity contribution in [2.24, 2.45) is 0 Å². The van der Waals surface area contributed by atoms with Crippen LogP contribution in [-0.2, 0) is 0 Å². The summed E-state index contributed by atoms with van der Waals surface area (Å²) in [6, 6.07) is 21.1. The summed E-state index contributed by atoms with van der Waals surface area (Å²) in [6.07, 6.45) is 0. The molecular weight excluding hydrogens is 396 g/mol. The highest BCUT2D eigenvalue weighted by Crippen LogP contribution is 2.25. The van der Waals surface area contributed by atoms with Gasteiger partial charge in [-0.3, -0.25) is 4.79 Å². The predicted molar refractivity (Wildman–Crippen MR) is 120 cm³/mol. The number of benzene rings is 2. The lowest BCUT2D eigenvalue weighted by Gasteiger charge is -2.35. The molecule has 1 aliphatic rings. The second kappa shape index (κ2) is 9.63. The lowest BCUT2D eigenvalue weighted by molar-refractivity contribution is 0.0743. The number of carbonyl (C=O) groups excluding carboxylic acids is 1. The van der Waals surface area contributed by atoms with Crippen molar-refractivity contribution in [2.45, 2.75) is 11.8 Å². The molecule has 1 aliphatic heterocycles. The fourth-order valence-electron chi connectivity index (χ4n) is 3.38. The Morgan fingerprint density at radius 3 is 2.37 bits per heavy atom. The van der Waals surface area contributed by atoms with Crippen LogP contribution in [0.4, 0.5) is 5.82 Å². The number of amides is 1. The number of piperazine rings is 1. The van der Waals surface area contributed by atoms with Gasteiger partial charge >= 0.3 is 0 Å². The van der Waals surface area contributed by atoms with Crippen LogP contribution in [0.3, 0.4) is 0 Å². The minimum Gasteiger partial charge on any atom is -0.438 e. The average Bonchev–Trinajstić information content (AvgIpc) is 2.81. The number of ether oxygens (including phenoxy) is 1. The molecule has 0 atom stereocenters. The van der Waals surface area contributed by atoms with Crippen LogP contribution in [0.1, 0.15) is 17.3 Å². The SMILES string of the molecule is CCSc1ccccc1C(=O)N1CCN(c2ccc(Oc3ccccc3)nn2)CC1. The minimum atomic E-state index is 0.101. The molecule has 2 heterocycles. The molecule has 3 aromatic rings. The monoisotopic (exact) mass is 420 g/mol. The van der Waals surface area contributed by atoms with Gasteiger partial charge in [-0.25, -0.2) is 0 Å². The Morgan fingerprint density at radius 1 is 0.933 bits per heavy atom. The molecule has 1 amide bonds. The maximum Gasteiger partial charge on any atom is 0.255 e. The summed E-state index contributed by atoms with van der Waals surface area (Å²) in [5, 5.41) is 8.49. The molecule has 0 aliphatic carbocycles. The van der Waals surface area contributed by atoms with E-state index in [9.17, 15) is 4.79 Å². The van der Waals surface area contributed by atoms with Gasteiger partial charge in [-0.15, -0.1) is 22.0 Å². The molecule has 0 bridgehead atoms. The van der Waals surface area contributed by atoms with Gasteiger partial charge in [0, 0.05) is 37.1 Å². The van der Waals surface area contributed by atoms with Gasteiger partial charge in [0.15, 0.2) is 5.82 Å². The third-order valence-electron chi connectivity index (χ3n) is 4.90. The summed E-state index contributed by atoms with van der Waals surface area (Å²) in [7, 11) is 0. The predicted octanol–water partition coefficient (Wildman–Crippen LogP) is 4.34.